The van der Waals surface area contributed by atoms with Crippen molar-refractivity contribution >= 4 is 0 Å². The van der Waals surface area contributed by atoms with Gasteiger partial charge in [-0.2, -0.15) is 0 Å². The van der Waals surface area contributed by atoms with Crippen molar-refractivity contribution in [2.75, 3.05) is 0 Å². The molecule has 0 aliphatic heterocycles. The predicted molar refractivity (Wildman–Crippen MR) is 90.1 cm³/mol. The second-order valence-corrected chi connectivity index (χ2v) is 9.63. The SMILES string of the molecule is CC[C@H]1CC[C@@H]2[C@@H]3CC[C@H]4CCCC[C@]4(C)[C@H]3CC[C@]12C. The van der Waals surface area contributed by atoms with E-state index in [2.05, 4.69) is 20.8 Å². The van der Waals surface area contributed by atoms with Crippen molar-refractivity contribution in [3.05, 3.63) is 0 Å². The van der Waals surface area contributed by atoms with Crippen LogP contribution in [0.4, 0.5) is 0 Å². The summed E-state index contributed by atoms with van der Waals surface area (Å²) in [6.45, 7) is 7.84. The largest absolute Gasteiger partial charge is 0.0651 e. The molecule has 0 saturated heterocycles. The lowest BCUT2D eigenvalue weighted by atomic mass is 9.45. The molecule has 0 nitrogen and oxygen atoms in total. The molecule has 0 aromatic heterocycles. The van der Waals surface area contributed by atoms with Gasteiger partial charge in [0.1, 0.15) is 0 Å². The van der Waals surface area contributed by atoms with Crippen molar-refractivity contribution in [3.8, 4) is 0 Å². The van der Waals surface area contributed by atoms with Crippen LogP contribution in [0.2, 0.25) is 0 Å². The lowest BCUT2D eigenvalue weighted by Gasteiger charge is -2.60. The topological polar surface area (TPSA) is 0 Å². The highest BCUT2D eigenvalue weighted by Crippen LogP contribution is 2.67. The zero-order chi connectivity index (χ0) is 14.7. The Morgan fingerprint density at radius 1 is 0.762 bits per heavy atom. The minimum atomic E-state index is 0.716. The Kier molecular flexibility index (Phi) is 3.47. The minimum absolute atomic E-state index is 0.716. The molecule has 0 bridgehead atoms. The molecule has 120 valence electrons. The Balaban J connectivity index is 1.62. The normalized spacial score (nSPS) is 56.4. The molecule has 0 N–H and O–H groups in total. The maximum atomic E-state index is 2.71. The Hall–Kier alpha value is 0. The molecular weight excluding hydrogens is 252 g/mol. The molecule has 0 heteroatoms. The predicted octanol–water partition coefficient (Wildman–Crippen LogP) is 6.45. The third-order valence-electron chi connectivity index (χ3n) is 9.27. The van der Waals surface area contributed by atoms with Crippen LogP contribution in [0.25, 0.3) is 0 Å². The fourth-order valence-corrected chi connectivity index (χ4v) is 8.07. The second-order valence-electron chi connectivity index (χ2n) is 9.63. The van der Waals surface area contributed by atoms with Crippen molar-refractivity contribution in [1.82, 2.24) is 0 Å². The Bertz CT molecular complexity index is 399. The van der Waals surface area contributed by atoms with Crippen LogP contribution in [0, 0.1) is 40.4 Å². The van der Waals surface area contributed by atoms with Gasteiger partial charge in [-0.1, -0.05) is 40.0 Å². The molecule has 4 rings (SSSR count). The van der Waals surface area contributed by atoms with Gasteiger partial charge < -0.3 is 0 Å². The summed E-state index contributed by atoms with van der Waals surface area (Å²) in [7, 11) is 0. The van der Waals surface area contributed by atoms with E-state index in [1.807, 2.05) is 0 Å². The van der Waals surface area contributed by atoms with Gasteiger partial charge in [-0.3, -0.25) is 0 Å². The van der Waals surface area contributed by atoms with E-state index in [0.717, 1.165) is 35.0 Å². The summed E-state index contributed by atoms with van der Waals surface area (Å²) in [4.78, 5) is 0. The van der Waals surface area contributed by atoms with E-state index in [-0.39, 0.29) is 0 Å². The van der Waals surface area contributed by atoms with Crippen molar-refractivity contribution in [3.63, 3.8) is 0 Å². The van der Waals surface area contributed by atoms with Crippen molar-refractivity contribution in [2.45, 2.75) is 91.4 Å². The molecule has 4 saturated carbocycles. The smallest absolute Gasteiger partial charge is 0.0266 e. The number of hydrogen-bond donors (Lipinski definition) is 0. The van der Waals surface area contributed by atoms with Gasteiger partial charge in [-0.05, 0) is 91.8 Å². The molecule has 21 heavy (non-hydrogen) atoms. The second kappa shape index (κ2) is 5.00. The maximum absolute atomic E-state index is 2.71. The van der Waals surface area contributed by atoms with Gasteiger partial charge in [0.25, 0.3) is 0 Å². The third-order valence-corrected chi connectivity index (χ3v) is 9.27. The van der Waals surface area contributed by atoms with Crippen LogP contribution in [-0.4, -0.2) is 0 Å². The zero-order valence-electron chi connectivity index (χ0n) is 14.7. The van der Waals surface area contributed by atoms with Crippen molar-refractivity contribution < 1.29 is 0 Å². The maximum Gasteiger partial charge on any atom is -0.0266 e. The van der Waals surface area contributed by atoms with Gasteiger partial charge in [0.15, 0.2) is 0 Å². The van der Waals surface area contributed by atoms with Crippen LogP contribution in [0.5, 0.6) is 0 Å². The van der Waals surface area contributed by atoms with E-state index >= 15 is 0 Å². The van der Waals surface area contributed by atoms with Crippen LogP contribution in [0.1, 0.15) is 91.4 Å². The quantitative estimate of drug-likeness (QED) is 0.520. The fourth-order valence-electron chi connectivity index (χ4n) is 8.07. The summed E-state index contributed by atoms with van der Waals surface area (Å²) in [6.07, 6.45) is 17.0. The molecule has 0 heterocycles. The van der Waals surface area contributed by atoms with Gasteiger partial charge >= 0.3 is 0 Å². The molecule has 4 fully saturated rings. The first kappa shape index (κ1) is 14.6. The number of fused-ring (bicyclic) bond motifs is 5. The van der Waals surface area contributed by atoms with Crippen molar-refractivity contribution in [2.24, 2.45) is 40.4 Å². The van der Waals surface area contributed by atoms with Gasteiger partial charge in [-0.15, -0.1) is 0 Å². The monoisotopic (exact) mass is 288 g/mol. The van der Waals surface area contributed by atoms with Crippen molar-refractivity contribution in [1.29, 1.82) is 0 Å². The highest BCUT2D eigenvalue weighted by atomic mass is 14.6. The summed E-state index contributed by atoms with van der Waals surface area (Å²) in [6, 6.07) is 0. The van der Waals surface area contributed by atoms with Crippen LogP contribution in [-0.2, 0) is 0 Å². The molecule has 0 unspecified atom stereocenters. The van der Waals surface area contributed by atoms with E-state index in [4.69, 9.17) is 0 Å². The van der Waals surface area contributed by atoms with Gasteiger partial charge in [0.2, 0.25) is 0 Å². The van der Waals surface area contributed by atoms with Crippen LogP contribution in [0.15, 0.2) is 0 Å². The number of rotatable bonds is 1. The third kappa shape index (κ3) is 1.93. The van der Waals surface area contributed by atoms with Crippen LogP contribution in [0.3, 0.4) is 0 Å². The molecule has 0 aromatic rings. The van der Waals surface area contributed by atoms with Crippen LogP contribution < -0.4 is 0 Å². The summed E-state index contributed by atoms with van der Waals surface area (Å²) < 4.78 is 0. The molecule has 4 aliphatic carbocycles. The lowest BCUT2D eigenvalue weighted by Crippen LogP contribution is -2.52. The fraction of sp³-hybridized carbons (Fsp3) is 1.00. The van der Waals surface area contributed by atoms with E-state index in [1.165, 1.54) is 19.3 Å². The molecule has 0 aromatic carbocycles. The Morgan fingerprint density at radius 2 is 1.57 bits per heavy atom. The summed E-state index contributed by atoms with van der Waals surface area (Å²) >= 11 is 0. The summed E-state index contributed by atoms with van der Waals surface area (Å²) in [5, 5.41) is 0. The summed E-state index contributed by atoms with van der Waals surface area (Å²) in [5.74, 6) is 5.39. The molecule has 0 radical (unpaired) electrons. The molecule has 0 amide bonds. The van der Waals surface area contributed by atoms with Gasteiger partial charge in [-0.25, -0.2) is 0 Å². The van der Waals surface area contributed by atoms with E-state index < -0.39 is 0 Å². The first-order valence-corrected chi connectivity index (χ1v) is 10.1. The Morgan fingerprint density at radius 3 is 2.38 bits per heavy atom. The first-order chi connectivity index (χ1) is 10.1. The average molecular weight is 289 g/mol. The molecule has 4 aliphatic rings. The Labute approximate surface area is 132 Å². The zero-order valence-corrected chi connectivity index (χ0v) is 14.7. The van der Waals surface area contributed by atoms with Crippen LogP contribution >= 0.6 is 0 Å². The molecular formula is C21H36. The van der Waals surface area contributed by atoms with E-state index in [1.54, 1.807) is 51.4 Å². The lowest BCUT2D eigenvalue weighted by molar-refractivity contribution is -0.110. The summed E-state index contributed by atoms with van der Waals surface area (Å²) in [5.41, 5.74) is 1.45. The van der Waals surface area contributed by atoms with Gasteiger partial charge in [0, 0.05) is 0 Å². The van der Waals surface area contributed by atoms with Gasteiger partial charge in [0.05, 0.1) is 0 Å². The highest BCUT2D eigenvalue weighted by molar-refractivity contribution is 5.08. The molecule has 0 spiro atoms. The average Bonchev–Trinajstić information content (AvgIpc) is 2.83. The molecule has 7 atom stereocenters. The van der Waals surface area contributed by atoms with E-state index in [0.29, 0.717) is 5.41 Å². The minimum Gasteiger partial charge on any atom is -0.0651 e. The standard InChI is InChI=1S/C21H36/c1-4-15-9-11-18-17-10-8-16-7-5-6-13-20(16,2)19(17)12-14-21(15,18)3/h15-19H,4-14H2,1-3H3/t15-,16+,17-,18+,19-,20-,21+/m0/s1. The van der Waals surface area contributed by atoms with E-state index in [9.17, 15) is 0 Å². The highest BCUT2D eigenvalue weighted by Gasteiger charge is 2.59. The first-order valence-electron chi connectivity index (χ1n) is 10.1. The number of hydrogen-bond acceptors (Lipinski definition) is 0.